The Bertz CT molecular complexity index is 1060. The molecule has 112 valence electrons. The summed E-state index contributed by atoms with van der Waals surface area (Å²) in [7, 11) is 0. The predicted octanol–water partition coefficient (Wildman–Crippen LogP) is 5.06. The third kappa shape index (κ3) is 2.50. The molecule has 4 nitrogen and oxygen atoms in total. The van der Waals surface area contributed by atoms with Crippen LogP contribution in [-0.4, -0.2) is 20.1 Å². The summed E-state index contributed by atoms with van der Waals surface area (Å²) in [6.45, 7) is 0. The van der Waals surface area contributed by atoms with E-state index in [4.69, 9.17) is 0 Å². The van der Waals surface area contributed by atoms with Crippen LogP contribution in [0.1, 0.15) is 5.56 Å². The van der Waals surface area contributed by atoms with Gasteiger partial charge in [0.05, 0.1) is 17.4 Å². The molecule has 0 aliphatic rings. The molecule has 1 heterocycles. The molecule has 0 bridgehead atoms. The van der Waals surface area contributed by atoms with Crippen molar-refractivity contribution in [2.24, 2.45) is 4.99 Å². The summed E-state index contributed by atoms with van der Waals surface area (Å²) in [5, 5.41) is 12.2. The topological polar surface area (TPSA) is 58.4 Å². The number of nitrogens with zero attached hydrogens (tertiary/aromatic N) is 3. The molecule has 0 saturated carbocycles. The second kappa shape index (κ2) is 5.72. The van der Waals surface area contributed by atoms with Crippen molar-refractivity contribution in [3.8, 4) is 5.75 Å². The van der Waals surface area contributed by atoms with Crippen LogP contribution >= 0.6 is 27.7 Å². The normalized spacial score (nSPS) is 11.7. The first-order chi connectivity index (χ1) is 11.2. The van der Waals surface area contributed by atoms with E-state index < -0.39 is 0 Å². The molecular weight excluding hydrogens is 374 g/mol. The molecule has 4 rings (SSSR count). The van der Waals surface area contributed by atoms with Crippen molar-refractivity contribution in [3.63, 3.8) is 0 Å². The number of phenols is 1. The van der Waals surface area contributed by atoms with E-state index in [2.05, 4.69) is 29.7 Å². The van der Waals surface area contributed by atoms with Crippen LogP contribution < -0.4 is 0 Å². The summed E-state index contributed by atoms with van der Waals surface area (Å²) in [4.78, 5) is 4.48. The van der Waals surface area contributed by atoms with Gasteiger partial charge in [-0.3, -0.25) is 4.99 Å². The van der Waals surface area contributed by atoms with Crippen LogP contribution in [0.2, 0.25) is 0 Å². The summed E-state index contributed by atoms with van der Waals surface area (Å²) in [6, 6.07) is 15.2. The number of aromatic hydroxyl groups is 1. The van der Waals surface area contributed by atoms with Crippen molar-refractivity contribution >= 4 is 61.4 Å². The number of rotatable bonds is 2. The Balaban J connectivity index is 1.84. The lowest BCUT2D eigenvalue weighted by molar-refractivity contribution is 0.481. The number of phenolic OH excluding ortho intramolecular Hbond substituents is 1. The quantitative estimate of drug-likeness (QED) is 0.492. The first kappa shape index (κ1) is 14.3. The van der Waals surface area contributed by atoms with Gasteiger partial charge in [-0.25, -0.2) is 0 Å². The fourth-order valence-electron chi connectivity index (χ4n) is 2.47. The number of fused-ring (bicyclic) bond motifs is 2. The maximum absolute atomic E-state index is 10.5. The molecule has 0 unspecified atom stereocenters. The average molecular weight is 384 g/mol. The van der Waals surface area contributed by atoms with Gasteiger partial charge in [0, 0.05) is 21.6 Å². The Labute approximate surface area is 144 Å². The van der Waals surface area contributed by atoms with Crippen LogP contribution in [0, 0.1) is 0 Å². The van der Waals surface area contributed by atoms with Gasteiger partial charge in [0.25, 0.3) is 0 Å². The summed E-state index contributed by atoms with van der Waals surface area (Å²) in [5.41, 5.74) is 2.98. The smallest absolute Gasteiger partial charge is 0.132 e. The molecule has 0 fully saturated rings. The summed E-state index contributed by atoms with van der Waals surface area (Å²) in [6.07, 6.45) is 1.65. The highest BCUT2D eigenvalue weighted by atomic mass is 79.9. The molecule has 6 heteroatoms. The molecule has 1 N–H and O–H groups in total. The van der Waals surface area contributed by atoms with E-state index in [9.17, 15) is 5.11 Å². The summed E-state index contributed by atoms with van der Waals surface area (Å²) in [5.74, 6) is 0.219. The van der Waals surface area contributed by atoms with Crippen LogP contribution in [-0.2, 0) is 0 Å². The minimum absolute atomic E-state index is 0.219. The first-order valence-electron chi connectivity index (χ1n) is 6.89. The molecule has 0 saturated heterocycles. The Morgan fingerprint density at radius 2 is 1.87 bits per heavy atom. The van der Waals surface area contributed by atoms with Gasteiger partial charge in [-0.05, 0) is 23.6 Å². The summed E-state index contributed by atoms with van der Waals surface area (Å²) < 4.78 is 9.39. The second-order valence-corrected chi connectivity index (χ2v) is 6.39. The summed E-state index contributed by atoms with van der Waals surface area (Å²) >= 11 is 4.71. The molecule has 23 heavy (non-hydrogen) atoms. The third-order valence-electron chi connectivity index (χ3n) is 3.60. The maximum Gasteiger partial charge on any atom is 0.132 e. The fourth-order valence-corrected chi connectivity index (χ4v) is 3.61. The molecule has 0 amide bonds. The molecule has 0 aliphatic carbocycles. The van der Waals surface area contributed by atoms with Crippen molar-refractivity contribution in [2.45, 2.75) is 0 Å². The zero-order chi connectivity index (χ0) is 15.8. The SMILES string of the molecule is Oc1c(C=Nc2cccc3nsnc23)cc(Br)c2ccccc12. The molecule has 3 aromatic carbocycles. The van der Waals surface area contributed by atoms with Crippen LogP contribution in [0.25, 0.3) is 21.8 Å². The highest BCUT2D eigenvalue weighted by Gasteiger charge is 2.09. The van der Waals surface area contributed by atoms with E-state index in [1.807, 2.05) is 48.5 Å². The van der Waals surface area contributed by atoms with E-state index in [-0.39, 0.29) is 5.75 Å². The van der Waals surface area contributed by atoms with Gasteiger partial charge in [-0.2, -0.15) is 8.75 Å². The Morgan fingerprint density at radius 1 is 1.04 bits per heavy atom. The van der Waals surface area contributed by atoms with Crippen molar-refractivity contribution in [1.82, 2.24) is 8.75 Å². The fraction of sp³-hybridized carbons (Fsp3) is 0. The van der Waals surface area contributed by atoms with Crippen LogP contribution in [0.15, 0.2) is 58.0 Å². The minimum Gasteiger partial charge on any atom is -0.507 e. The predicted molar refractivity (Wildman–Crippen MR) is 98.0 cm³/mol. The number of hydrogen-bond donors (Lipinski definition) is 1. The number of aliphatic imine (C=N–C) groups is 1. The number of hydrogen-bond acceptors (Lipinski definition) is 5. The maximum atomic E-state index is 10.5. The van der Waals surface area contributed by atoms with Gasteiger partial charge in [-0.15, -0.1) is 0 Å². The van der Waals surface area contributed by atoms with Crippen molar-refractivity contribution in [2.75, 3.05) is 0 Å². The Morgan fingerprint density at radius 3 is 2.74 bits per heavy atom. The largest absolute Gasteiger partial charge is 0.507 e. The monoisotopic (exact) mass is 383 g/mol. The number of halogens is 1. The van der Waals surface area contributed by atoms with E-state index >= 15 is 0 Å². The van der Waals surface area contributed by atoms with Crippen LogP contribution in [0.4, 0.5) is 5.69 Å². The average Bonchev–Trinajstić information content (AvgIpc) is 3.06. The van der Waals surface area contributed by atoms with Crippen molar-refractivity contribution in [3.05, 3.63) is 58.6 Å². The molecule has 0 radical (unpaired) electrons. The van der Waals surface area contributed by atoms with Crippen molar-refractivity contribution < 1.29 is 5.11 Å². The van der Waals surface area contributed by atoms with Crippen molar-refractivity contribution in [1.29, 1.82) is 0 Å². The first-order valence-corrected chi connectivity index (χ1v) is 8.42. The number of aromatic nitrogens is 2. The minimum atomic E-state index is 0.219. The van der Waals surface area contributed by atoms with Gasteiger partial charge >= 0.3 is 0 Å². The number of benzene rings is 3. The van der Waals surface area contributed by atoms with Crippen LogP contribution in [0.3, 0.4) is 0 Å². The molecule has 0 spiro atoms. The molecule has 0 aliphatic heterocycles. The molecular formula is C17H10BrN3OS. The molecule has 0 atom stereocenters. The second-order valence-electron chi connectivity index (χ2n) is 5.01. The zero-order valence-electron chi connectivity index (χ0n) is 11.8. The van der Waals surface area contributed by atoms with Gasteiger partial charge in [-0.1, -0.05) is 46.3 Å². The Kier molecular flexibility index (Phi) is 3.55. The highest BCUT2D eigenvalue weighted by molar-refractivity contribution is 9.10. The van der Waals surface area contributed by atoms with E-state index in [1.165, 1.54) is 11.7 Å². The molecule has 1 aromatic heterocycles. The lowest BCUT2D eigenvalue weighted by atomic mass is 10.1. The standard InChI is InChI=1S/C17H10BrN3OS/c18-13-8-10(17(22)12-5-2-1-4-11(12)13)9-19-14-6-3-7-15-16(14)21-23-20-15/h1-9,22H. The van der Waals surface area contributed by atoms with E-state index in [1.54, 1.807) is 6.21 Å². The molecule has 4 aromatic rings. The van der Waals surface area contributed by atoms with Gasteiger partial charge < -0.3 is 5.11 Å². The zero-order valence-corrected chi connectivity index (χ0v) is 14.2. The van der Waals surface area contributed by atoms with E-state index in [0.29, 0.717) is 5.56 Å². The van der Waals surface area contributed by atoms with Gasteiger partial charge in [0.2, 0.25) is 0 Å². The van der Waals surface area contributed by atoms with Gasteiger partial charge in [0.15, 0.2) is 0 Å². The third-order valence-corrected chi connectivity index (χ3v) is 4.80. The Hall–Kier alpha value is -2.31. The lowest BCUT2D eigenvalue weighted by Crippen LogP contribution is -1.86. The highest BCUT2D eigenvalue weighted by Crippen LogP contribution is 2.34. The lowest BCUT2D eigenvalue weighted by Gasteiger charge is -2.06. The van der Waals surface area contributed by atoms with E-state index in [0.717, 1.165) is 32.0 Å². The van der Waals surface area contributed by atoms with Gasteiger partial charge in [0.1, 0.15) is 16.8 Å². The van der Waals surface area contributed by atoms with Crippen LogP contribution in [0.5, 0.6) is 5.75 Å².